The number of nitrogens with two attached hydrogens (primary N) is 1. The summed E-state index contributed by atoms with van der Waals surface area (Å²) in [7, 11) is -2.60. The number of guanidine groups is 1. The Bertz CT molecular complexity index is 2270. The molecular formula is C51H80N8O9S. The second-order valence-electron chi connectivity index (χ2n) is 21.4. The predicted octanol–water partition coefficient (Wildman–Crippen LogP) is 6.35. The fourth-order valence-electron chi connectivity index (χ4n) is 9.62. The van der Waals surface area contributed by atoms with Crippen molar-refractivity contribution in [3.63, 3.8) is 0 Å². The van der Waals surface area contributed by atoms with E-state index in [4.69, 9.17) is 15.2 Å². The van der Waals surface area contributed by atoms with Gasteiger partial charge in [0.1, 0.15) is 23.4 Å². The Morgan fingerprint density at radius 3 is 2.22 bits per heavy atom. The van der Waals surface area contributed by atoms with Gasteiger partial charge in [-0.1, -0.05) is 56.3 Å². The van der Waals surface area contributed by atoms with Crippen molar-refractivity contribution in [2.24, 2.45) is 22.6 Å². The van der Waals surface area contributed by atoms with Gasteiger partial charge in [-0.05, 0) is 155 Å². The van der Waals surface area contributed by atoms with E-state index in [0.29, 0.717) is 67.5 Å². The molecule has 2 aliphatic heterocycles. The maximum atomic E-state index is 14.7. The van der Waals surface area contributed by atoms with Gasteiger partial charge in [0.05, 0.1) is 24.0 Å². The first-order chi connectivity index (χ1) is 32.0. The topological polar surface area (TPSA) is 234 Å². The molecule has 4 amide bonds. The number of amides is 4. The maximum Gasteiger partial charge on any atom is 0.408 e. The number of piperidine rings is 1. The number of nitrogens with one attached hydrogen (secondary N) is 4. The van der Waals surface area contributed by atoms with E-state index >= 15 is 0 Å². The molecule has 0 aromatic heterocycles. The van der Waals surface area contributed by atoms with Gasteiger partial charge in [-0.15, -0.1) is 0 Å². The summed E-state index contributed by atoms with van der Waals surface area (Å²) in [4.78, 5) is 62.2. The van der Waals surface area contributed by atoms with Crippen LogP contribution in [0.15, 0.2) is 58.4 Å². The second kappa shape index (κ2) is 23.6. The Morgan fingerprint density at radius 1 is 0.986 bits per heavy atom. The van der Waals surface area contributed by atoms with Crippen LogP contribution in [0.1, 0.15) is 130 Å². The summed E-state index contributed by atoms with van der Waals surface area (Å²) >= 11 is 0. The first kappa shape index (κ1) is 56.4. The molecule has 18 heteroatoms. The quantitative estimate of drug-likeness (QED) is 0.0393. The van der Waals surface area contributed by atoms with Gasteiger partial charge in [0, 0.05) is 30.2 Å². The molecule has 69 heavy (non-hydrogen) atoms. The number of hydrogen-bond donors (Lipinski definition) is 6. The van der Waals surface area contributed by atoms with Crippen LogP contribution in [0, 0.1) is 32.6 Å². The average molecular weight is 981 g/mol. The zero-order valence-electron chi connectivity index (χ0n) is 43.2. The van der Waals surface area contributed by atoms with E-state index in [1.807, 2.05) is 84.0 Å². The number of aryl methyl sites for hydroxylation is 1. The zero-order chi connectivity index (χ0) is 51.6. The second-order valence-corrected chi connectivity index (χ2v) is 23.0. The van der Waals surface area contributed by atoms with Gasteiger partial charge in [-0.2, -0.15) is 5.06 Å². The highest BCUT2D eigenvalue weighted by Crippen LogP contribution is 2.37. The number of hydrogen-bond acceptors (Lipinski definition) is 11. The number of carbonyl (C=O) groups is 4. The van der Waals surface area contributed by atoms with Gasteiger partial charge >= 0.3 is 6.09 Å². The van der Waals surface area contributed by atoms with Crippen molar-refractivity contribution in [2.45, 2.75) is 180 Å². The molecule has 2 heterocycles. The van der Waals surface area contributed by atoms with Crippen molar-refractivity contribution >= 4 is 39.8 Å². The number of benzene rings is 2. The van der Waals surface area contributed by atoms with Gasteiger partial charge in [0.15, 0.2) is 0 Å². The fraction of sp³-hybridized carbons (Fsp3) is 0.627. The highest BCUT2D eigenvalue weighted by molar-refractivity contribution is 7.90. The van der Waals surface area contributed by atoms with Crippen LogP contribution in [-0.2, 0) is 35.6 Å². The third kappa shape index (κ3) is 15.9. The van der Waals surface area contributed by atoms with Gasteiger partial charge < -0.3 is 41.3 Å². The Morgan fingerprint density at radius 2 is 1.62 bits per heavy atom. The summed E-state index contributed by atoms with van der Waals surface area (Å²) < 4.78 is 40.4. The Hall–Kier alpha value is -5.20. The molecule has 384 valence electrons. The van der Waals surface area contributed by atoms with Crippen molar-refractivity contribution in [3.05, 3.63) is 70.8 Å². The zero-order valence-corrected chi connectivity index (χ0v) is 44.0. The number of alkyl carbamates (subject to hydrolysis) is 1. The lowest BCUT2D eigenvalue weighted by atomic mass is 9.79. The number of nitrogens with zero attached hydrogens (tertiary/aromatic N) is 3. The highest BCUT2D eigenvalue weighted by atomic mass is 32.2. The number of rotatable bonds is 19. The number of likely N-dealkylation sites (tertiary alicyclic amines) is 1. The van der Waals surface area contributed by atoms with E-state index in [9.17, 15) is 32.8 Å². The lowest BCUT2D eigenvalue weighted by molar-refractivity contribution is -0.246. The molecule has 0 radical (unpaired) electrons. The summed E-state index contributed by atoms with van der Waals surface area (Å²) in [6, 6.07) is 8.58. The molecule has 4 rings (SSSR count). The number of hydroxylamine groups is 2. The third-order valence-electron chi connectivity index (χ3n) is 12.7. The SMILES string of the molecule is COc1cc(C)c(S(=O)(=O)NC(N)=NCCCC(NC(=O)[C@@H]2CCCN2C(=O)C(/C=C/C(CC(C)C)NC(=O)OC(C)(C)C)Cc2ccccc2)C(=O)NC2CC(C)(C)N(O)C(C)(C)C2)c(C)c1C. The molecule has 4 atom stereocenters. The number of methoxy groups -OCH3 is 1. The average Bonchev–Trinajstić information content (AvgIpc) is 3.73. The van der Waals surface area contributed by atoms with Crippen molar-refractivity contribution in [1.29, 1.82) is 0 Å². The van der Waals surface area contributed by atoms with E-state index in [2.05, 4.69) is 25.7 Å². The number of ether oxygens (including phenoxy) is 2. The molecule has 0 saturated carbocycles. The Balaban J connectivity index is 1.57. The van der Waals surface area contributed by atoms with Crippen LogP contribution in [0.5, 0.6) is 5.75 Å². The maximum absolute atomic E-state index is 14.7. The van der Waals surface area contributed by atoms with Crippen LogP contribution in [0.25, 0.3) is 0 Å². The van der Waals surface area contributed by atoms with Gasteiger partial charge in [-0.3, -0.25) is 19.4 Å². The summed E-state index contributed by atoms with van der Waals surface area (Å²) in [5, 5.41) is 21.3. The molecule has 0 aliphatic carbocycles. The Kier molecular flexibility index (Phi) is 19.3. The molecule has 17 nitrogen and oxygen atoms in total. The first-order valence-electron chi connectivity index (χ1n) is 24.1. The molecule has 3 unspecified atom stereocenters. The molecule has 2 saturated heterocycles. The van der Waals surface area contributed by atoms with Gasteiger partial charge in [0.2, 0.25) is 23.7 Å². The molecule has 7 N–H and O–H groups in total. The van der Waals surface area contributed by atoms with E-state index in [-0.39, 0.29) is 48.1 Å². The fourth-order valence-corrected chi connectivity index (χ4v) is 11.1. The number of carbonyl (C=O) groups excluding carboxylic acids is 4. The molecule has 2 fully saturated rings. The van der Waals surface area contributed by atoms with Crippen molar-refractivity contribution in [1.82, 2.24) is 30.6 Å². The molecule has 0 bridgehead atoms. The standard InChI is InChI=1S/C51H80N8O9S/c1-32(2)27-38(55-48(63)68-49(6,7)8)24-23-37(29-36-19-15-14-16-20-36)46(62)58-26-18-22-41(58)45(61)56-40(44(60)54-39-30-50(9,10)59(64)51(11,12)31-39)21-17-25-53-47(52)57-69(65,66)43-33(3)28-42(67-13)34(4)35(43)5/h14-16,19-20,23-24,28,32,37-41,64H,17-18,21-22,25-27,29-31H2,1-13H3,(H,54,60)(H,55,63)(H,56,61)(H3,52,53,57)/b24-23+/t37?,38?,40?,41-/m0/s1. The largest absolute Gasteiger partial charge is 0.496 e. The minimum absolute atomic E-state index is 0.0265. The van der Waals surface area contributed by atoms with Crippen LogP contribution in [0.4, 0.5) is 4.79 Å². The van der Waals surface area contributed by atoms with Crippen molar-refractivity contribution < 1.29 is 42.3 Å². The minimum atomic E-state index is -4.12. The van der Waals surface area contributed by atoms with Crippen molar-refractivity contribution in [2.75, 3.05) is 20.2 Å². The third-order valence-corrected chi connectivity index (χ3v) is 14.4. The smallest absolute Gasteiger partial charge is 0.408 e. The normalized spacial score (nSPS) is 19.2. The van der Waals surface area contributed by atoms with E-state index in [1.54, 1.807) is 52.5 Å². The Labute approximate surface area is 410 Å². The van der Waals surface area contributed by atoms with Crippen LogP contribution in [0.3, 0.4) is 0 Å². The monoisotopic (exact) mass is 981 g/mol. The lowest BCUT2D eigenvalue weighted by Gasteiger charge is -2.51. The minimum Gasteiger partial charge on any atom is -0.496 e. The van der Waals surface area contributed by atoms with Crippen LogP contribution >= 0.6 is 0 Å². The summed E-state index contributed by atoms with van der Waals surface area (Å²) in [5.74, 6) is -1.39. The molecule has 0 spiro atoms. The molecule has 2 aromatic rings. The first-order valence-corrected chi connectivity index (χ1v) is 25.6. The molecule has 2 aromatic carbocycles. The van der Waals surface area contributed by atoms with Crippen molar-refractivity contribution in [3.8, 4) is 5.75 Å². The summed E-state index contributed by atoms with van der Waals surface area (Å²) in [5.41, 5.74) is 6.71. The van der Waals surface area contributed by atoms with Crippen LogP contribution < -0.4 is 31.1 Å². The lowest BCUT2D eigenvalue weighted by Crippen LogP contribution is -2.64. The predicted molar refractivity (Wildman–Crippen MR) is 268 cm³/mol. The van der Waals surface area contributed by atoms with E-state index in [1.165, 1.54) is 12.2 Å². The van der Waals surface area contributed by atoms with Crippen LogP contribution in [0.2, 0.25) is 0 Å². The highest BCUT2D eigenvalue weighted by Gasteiger charge is 2.46. The van der Waals surface area contributed by atoms with Gasteiger partial charge in [0.25, 0.3) is 10.0 Å². The van der Waals surface area contributed by atoms with E-state index < -0.39 is 68.7 Å². The summed E-state index contributed by atoms with van der Waals surface area (Å²) in [6.45, 7) is 22.6. The molecule has 2 aliphatic rings. The van der Waals surface area contributed by atoms with Crippen LogP contribution in [-0.4, -0.2) is 114 Å². The van der Waals surface area contributed by atoms with E-state index in [0.717, 1.165) is 5.56 Å². The molecular weight excluding hydrogens is 901 g/mol. The summed E-state index contributed by atoms with van der Waals surface area (Å²) in [6.07, 6.45) is 6.24. The van der Waals surface area contributed by atoms with Gasteiger partial charge in [-0.25, -0.2) is 17.9 Å². The number of aliphatic imine (C=N–C) groups is 1. The number of sulfonamides is 1.